The first kappa shape index (κ1) is 19.7. The topological polar surface area (TPSA) is 76.5 Å². The molecule has 4 rings (SSSR count). The van der Waals surface area contributed by atoms with E-state index in [2.05, 4.69) is 36.4 Å². The molecule has 7 heteroatoms. The maximum Gasteiger partial charge on any atom is 0.291 e. The number of para-hydroxylation sites is 3. The number of fused-ring (bicyclic) bond motifs is 1. The van der Waals surface area contributed by atoms with Gasteiger partial charge in [0.25, 0.3) is 5.91 Å². The van der Waals surface area contributed by atoms with Crippen LogP contribution in [0.1, 0.15) is 21.6 Å². The van der Waals surface area contributed by atoms with Crippen LogP contribution in [0.15, 0.2) is 88.6 Å². The molecule has 6 nitrogen and oxygen atoms in total. The minimum absolute atomic E-state index is 0.200. The molecule has 1 amide bonds. The number of rotatable bonds is 6. The Morgan fingerprint density at radius 3 is 2.57 bits per heavy atom. The molecule has 0 saturated heterocycles. The molecule has 0 aliphatic carbocycles. The van der Waals surface area contributed by atoms with Gasteiger partial charge < -0.3 is 4.74 Å². The van der Waals surface area contributed by atoms with Crippen molar-refractivity contribution < 1.29 is 9.53 Å². The van der Waals surface area contributed by atoms with Crippen LogP contribution in [0.4, 0.5) is 0 Å². The average Bonchev–Trinajstić information content (AvgIpc) is 2.79. The van der Waals surface area contributed by atoms with Gasteiger partial charge in [0.2, 0.25) is 0 Å². The fourth-order valence-corrected chi connectivity index (χ4v) is 3.01. The van der Waals surface area contributed by atoms with Gasteiger partial charge in [-0.1, -0.05) is 52.3 Å². The molecule has 0 aliphatic heterocycles. The minimum Gasteiger partial charge on any atom is -0.488 e. The molecule has 3 aromatic carbocycles. The van der Waals surface area contributed by atoms with Crippen molar-refractivity contribution in [3.8, 4) is 5.75 Å². The third-order valence-electron chi connectivity index (χ3n) is 4.28. The summed E-state index contributed by atoms with van der Waals surface area (Å²) < 4.78 is 6.93. The molecule has 0 spiro atoms. The predicted molar refractivity (Wildman–Crippen MR) is 120 cm³/mol. The Balaban J connectivity index is 1.42. The molecular weight excluding hydrogens is 444 g/mol. The Labute approximate surface area is 181 Å². The third-order valence-corrected chi connectivity index (χ3v) is 4.81. The van der Waals surface area contributed by atoms with E-state index in [-0.39, 0.29) is 5.69 Å². The Morgan fingerprint density at radius 2 is 1.73 bits per heavy atom. The number of hydrogen-bond acceptors (Lipinski definition) is 5. The molecule has 0 unspecified atom stereocenters. The Hall–Kier alpha value is -3.58. The Kier molecular flexibility index (Phi) is 6.10. The van der Waals surface area contributed by atoms with E-state index in [1.807, 2.05) is 66.7 Å². The zero-order valence-corrected chi connectivity index (χ0v) is 17.4. The summed E-state index contributed by atoms with van der Waals surface area (Å²) in [5, 5.41) is 4.05. The van der Waals surface area contributed by atoms with Crippen LogP contribution in [-0.4, -0.2) is 22.1 Å². The number of benzene rings is 3. The van der Waals surface area contributed by atoms with E-state index in [9.17, 15) is 4.79 Å². The molecule has 148 valence electrons. The number of carbonyl (C=O) groups excluding carboxylic acids is 1. The van der Waals surface area contributed by atoms with Crippen LogP contribution in [0.25, 0.3) is 11.0 Å². The van der Waals surface area contributed by atoms with E-state index in [1.165, 1.54) is 6.20 Å². The largest absolute Gasteiger partial charge is 0.488 e. The molecule has 0 fully saturated rings. The van der Waals surface area contributed by atoms with Crippen LogP contribution in [0.3, 0.4) is 0 Å². The first-order chi connectivity index (χ1) is 14.7. The summed E-state index contributed by atoms with van der Waals surface area (Å²) in [4.78, 5) is 20.9. The van der Waals surface area contributed by atoms with E-state index in [4.69, 9.17) is 4.74 Å². The number of amides is 1. The van der Waals surface area contributed by atoms with E-state index >= 15 is 0 Å². The van der Waals surface area contributed by atoms with Crippen molar-refractivity contribution in [2.24, 2.45) is 5.10 Å². The van der Waals surface area contributed by atoms with Gasteiger partial charge >= 0.3 is 0 Å². The van der Waals surface area contributed by atoms with Gasteiger partial charge in [0.15, 0.2) is 0 Å². The number of halogens is 1. The number of aromatic nitrogens is 2. The summed E-state index contributed by atoms with van der Waals surface area (Å²) in [5.41, 5.74) is 5.87. The van der Waals surface area contributed by atoms with Crippen molar-refractivity contribution in [3.05, 3.63) is 100 Å². The lowest BCUT2D eigenvalue weighted by molar-refractivity contribution is 0.0950. The number of carbonyl (C=O) groups is 1. The number of hydrogen-bond donors (Lipinski definition) is 1. The second kappa shape index (κ2) is 9.28. The van der Waals surface area contributed by atoms with Crippen LogP contribution < -0.4 is 10.2 Å². The first-order valence-electron chi connectivity index (χ1n) is 9.20. The summed E-state index contributed by atoms with van der Waals surface area (Å²) in [5.74, 6) is 0.238. The zero-order chi connectivity index (χ0) is 20.8. The number of hydrazone groups is 1. The lowest BCUT2D eigenvalue weighted by Gasteiger charge is -2.09. The van der Waals surface area contributed by atoms with Crippen LogP contribution in [0.2, 0.25) is 0 Å². The zero-order valence-electron chi connectivity index (χ0n) is 15.8. The maximum absolute atomic E-state index is 12.3. The molecule has 1 heterocycles. The Bertz CT molecular complexity index is 1210. The van der Waals surface area contributed by atoms with Gasteiger partial charge in [0, 0.05) is 10.0 Å². The average molecular weight is 461 g/mol. The summed E-state index contributed by atoms with van der Waals surface area (Å²) >= 11 is 3.42. The number of ether oxygens (including phenoxy) is 1. The lowest BCUT2D eigenvalue weighted by Crippen LogP contribution is -2.19. The smallest absolute Gasteiger partial charge is 0.291 e. The molecule has 0 aliphatic rings. The van der Waals surface area contributed by atoms with E-state index in [0.29, 0.717) is 17.9 Å². The molecule has 30 heavy (non-hydrogen) atoms. The highest BCUT2D eigenvalue weighted by atomic mass is 79.9. The highest BCUT2D eigenvalue weighted by Crippen LogP contribution is 2.18. The van der Waals surface area contributed by atoms with Crippen LogP contribution >= 0.6 is 15.9 Å². The quantitative estimate of drug-likeness (QED) is 0.333. The third kappa shape index (κ3) is 4.87. The van der Waals surface area contributed by atoms with Gasteiger partial charge in [-0.05, 0) is 42.0 Å². The van der Waals surface area contributed by atoms with Crippen molar-refractivity contribution >= 4 is 39.1 Å². The monoisotopic (exact) mass is 460 g/mol. The van der Waals surface area contributed by atoms with Crippen LogP contribution in [0, 0.1) is 0 Å². The second-order valence-corrected chi connectivity index (χ2v) is 7.31. The molecule has 0 bridgehead atoms. The second-order valence-electron chi connectivity index (χ2n) is 6.40. The van der Waals surface area contributed by atoms with E-state index in [1.54, 1.807) is 12.3 Å². The van der Waals surface area contributed by atoms with Crippen molar-refractivity contribution in [3.63, 3.8) is 0 Å². The highest BCUT2D eigenvalue weighted by Gasteiger charge is 2.08. The van der Waals surface area contributed by atoms with Gasteiger partial charge in [0.05, 0.1) is 23.4 Å². The molecular formula is C23H17BrN4O2. The minimum atomic E-state index is -0.433. The van der Waals surface area contributed by atoms with E-state index < -0.39 is 5.91 Å². The molecule has 1 aromatic heterocycles. The summed E-state index contributed by atoms with van der Waals surface area (Å²) in [6.07, 6.45) is 2.98. The molecule has 0 radical (unpaired) electrons. The fraction of sp³-hybridized carbons (Fsp3) is 0.0435. The summed E-state index contributed by atoms with van der Waals surface area (Å²) in [6, 6.07) is 22.8. The van der Waals surface area contributed by atoms with Gasteiger partial charge in [-0.2, -0.15) is 5.10 Å². The highest BCUT2D eigenvalue weighted by molar-refractivity contribution is 9.10. The maximum atomic E-state index is 12.3. The van der Waals surface area contributed by atoms with Crippen molar-refractivity contribution in [1.82, 2.24) is 15.4 Å². The molecule has 1 N–H and O–H groups in total. The molecule has 0 atom stereocenters. The van der Waals surface area contributed by atoms with Crippen molar-refractivity contribution in [2.45, 2.75) is 6.61 Å². The summed E-state index contributed by atoms with van der Waals surface area (Å²) in [6.45, 7) is 0.428. The lowest BCUT2D eigenvalue weighted by atomic mass is 10.2. The normalized spacial score (nSPS) is 11.0. The first-order valence-corrected chi connectivity index (χ1v) is 10.00. The van der Waals surface area contributed by atoms with Crippen molar-refractivity contribution in [1.29, 1.82) is 0 Å². The standard InChI is InChI=1S/C23H17BrN4O2/c24-18-11-9-16(10-12-18)15-30-22-8-4-1-5-17(22)13-26-28-23(29)21-14-25-19-6-2-3-7-20(19)27-21/h1-14H,15H2,(H,28,29)/b26-13-. The van der Waals surface area contributed by atoms with Crippen LogP contribution in [-0.2, 0) is 6.61 Å². The summed E-state index contributed by atoms with van der Waals surface area (Å²) in [7, 11) is 0. The Morgan fingerprint density at radius 1 is 1.00 bits per heavy atom. The SMILES string of the molecule is O=C(N/N=C\c1ccccc1OCc1ccc(Br)cc1)c1cnc2ccccc2n1. The van der Waals surface area contributed by atoms with Crippen molar-refractivity contribution in [2.75, 3.05) is 0 Å². The number of nitrogens with zero attached hydrogens (tertiary/aromatic N) is 3. The number of nitrogens with one attached hydrogen (secondary N) is 1. The molecule has 0 saturated carbocycles. The van der Waals surface area contributed by atoms with E-state index in [0.717, 1.165) is 21.1 Å². The van der Waals surface area contributed by atoms with Gasteiger partial charge in [-0.3, -0.25) is 9.78 Å². The van der Waals surface area contributed by atoms with Gasteiger partial charge in [-0.15, -0.1) is 0 Å². The van der Waals surface area contributed by atoms with Crippen LogP contribution in [0.5, 0.6) is 5.75 Å². The van der Waals surface area contributed by atoms with Gasteiger partial charge in [-0.25, -0.2) is 10.4 Å². The predicted octanol–water partition coefficient (Wildman–Crippen LogP) is 4.74. The van der Waals surface area contributed by atoms with Gasteiger partial charge in [0.1, 0.15) is 18.1 Å². The molecule has 4 aromatic rings. The fourth-order valence-electron chi connectivity index (χ4n) is 2.74.